The van der Waals surface area contributed by atoms with E-state index in [1.165, 1.54) is 17.5 Å². The van der Waals surface area contributed by atoms with Gasteiger partial charge in [-0.3, -0.25) is 4.98 Å². The van der Waals surface area contributed by atoms with Gasteiger partial charge < -0.3 is 14.8 Å². The number of para-hydroxylation sites is 1. The number of esters is 1. The first kappa shape index (κ1) is 16.1. The van der Waals surface area contributed by atoms with E-state index in [2.05, 4.69) is 10.3 Å². The average Bonchev–Trinajstić information content (AvgIpc) is 3.30. The Morgan fingerprint density at radius 3 is 2.92 bits per heavy atom. The minimum absolute atomic E-state index is 0.433. The number of hydrogen-bond acceptors (Lipinski definition) is 6. The number of rotatable bonds is 4. The number of carbonyl (C=O) groups is 1. The largest absolute Gasteiger partial charge is 0.420 e. The van der Waals surface area contributed by atoms with E-state index in [0.717, 1.165) is 16.8 Å². The van der Waals surface area contributed by atoms with E-state index < -0.39 is 5.97 Å². The number of carbonyl (C=O) groups excluding carboxylic acids is 1. The van der Waals surface area contributed by atoms with Crippen LogP contribution in [0.4, 0.5) is 11.4 Å². The second kappa shape index (κ2) is 6.84. The highest BCUT2D eigenvalue weighted by atomic mass is 35.5. The highest BCUT2D eigenvalue weighted by molar-refractivity contribution is 7.11. The molecule has 3 aromatic rings. The van der Waals surface area contributed by atoms with Crippen LogP contribution in [0.5, 0.6) is 5.75 Å². The van der Waals surface area contributed by atoms with Gasteiger partial charge in [0, 0.05) is 5.56 Å². The van der Waals surface area contributed by atoms with E-state index in [-0.39, 0.29) is 0 Å². The quantitative estimate of drug-likeness (QED) is 0.527. The summed E-state index contributed by atoms with van der Waals surface area (Å²) in [7, 11) is 0. The maximum atomic E-state index is 12.3. The number of thiazole rings is 1. The molecule has 126 valence electrons. The van der Waals surface area contributed by atoms with Crippen molar-refractivity contribution in [2.75, 3.05) is 5.32 Å². The zero-order valence-corrected chi connectivity index (χ0v) is 14.6. The highest BCUT2D eigenvalue weighted by Crippen LogP contribution is 2.39. The first-order chi connectivity index (χ1) is 12.2. The molecule has 0 radical (unpaired) electrons. The van der Waals surface area contributed by atoms with Gasteiger partial charge in [-0.2, -0.15) is 0 Å². The molecule has 1 aliphatic heterocycles. The van der Waals surface area contributed by atoms with Gasteiger partial charge in [0.25, 0.3) is 0 Å². The number of aromatic nitrogens is 1. The van der Waals surface area contributed by atoms with Crippen LogP contribution in [0.3, 0.4) is 0 Å². The van der Waals surface area contributed by atoms with Gasteiger partial charge in [0.2, 0.25) is 0 Å². The monoisotopic (exact) mass is 372 g/mol. The maximum absolute atomic E-state index is 12.3. The second-order valence-corrected chi connectivity index (χ2v) is 6.72. The molecule has 0 saturated heterocycles. The van der Waals surface area contributed by atoms with Gasteiger partial charge in [0.1, 0.15) is 4.88 Å². The van der Waals surface area contributed by atoms with Crippen LogP contribution in [0.25, 0.3) is 0 Å². The molecule has 25 heavy (non-hydrogen) atoms. The van der Waals surface area contributed by atoms with Crippen molar-refractivity contribution in [1.29, 1.82) is 0 Å². The zero-order chi connectivity index (χ0) is 17.2. The molecule has 0 fully saturated rings. The number of fused-ring (bicyclic) bond motifs is 1. The van der Waals surface area contributed by atoms with Gasteiger partial charge in [0.15, 0.2) is 5.75 Å². The number of nitrogens with one attached hydrogen (secondary N) is 1. The fourth-order valence-electron chi connectivity index (χ4n) is 2.62. The van der Waals surface area contributed by atoms with E-state index in [0.29, 0.717) is 34.6 Å². The van der Waals surface area contributed by atoms with Crippen molar-refractivity contribution < 1.29 is 14.3 Å². The summed E-state index contributed by atoms with van der Waals surface area (Å²) >= 11 is 7.49. The lowest BCUT2D eigenvalue weighted by molar-refractivity contribution is 0.0740. The average molecular weight is 373 g/mol. The molecular weight excluding hydrogens is 360 g/mol. The molecule has 0 spiro atoms. The first-order valence-corrected chi connectivity index (χ1v) is 8.83. The molecule has 1 aromatic heterocycles. The third-order valence-electron chi connectivity index (χ3n) is 3.85. The number of halogens is 1. The molecule has 2 heterocycles. The number of nitrogens with zero attached hydrogens (tertiary/aromatic N) is 1. The summed E-state index contributed by atoms with van der Waals surface area (Å²) in [5.74, 6) is -0.00820. The standard InChI is InChI=1S/C18H13ClN2O3S/c19-13-3-1-2-4-14(13)21-17-12-9-23-8-11(12)5-6-15(17)24-18(22)16-7-20-10-25-16/h1-7,10,21H,8-9H2. The molecule has 0 saturated carbocycles. The number of anilines is 2. The van der Waals surface area contributed by atoms with Crippen LogP contribution in [-0.4, -0.2) is 11.0 Å². The normalized spacial score (nSPS) is 12.7. The molecule has 2 aromatic carbocycles. The van der Waals surface area contributed by atoms with Gasteiger partial charge in [-0.05, 0) is 23.8 Å². The molecule has 0 aliphatic carbocycles. The Morgan fingerprint density at radius 2 is 2.12 bits per heavy atom. The molecule has 1 aliphatic rings. The molecular formula is C18H13ClN2O3S. The van der Waals surface area contributed by atoms with Gasteiger partial charge in [-0.25, -0.2) is 4.79 Å². The van der Waals surface area contributed by atoms with Crippen molar-refractivity contribution in [2.24, 2.45) is 0 Å². The minimum atomic E-state index is -0.441. The number of ether oxygens (including phenoxy) is 2. The van der Waals surface area contributed by atoms with E-state index >= 15 is 0 Å². The number of hydrogen-bond donors (Lipinski definition) is 1. The third kappa shape index (κ3) is 3.24. The molecule has 0 unspecified atom stereocenters. The summed E-state index contributed by atoms with van der Waals surface area (Å²) in [4.78, 5) is 16.7. The van der Waals surface area contributed by atoms with E-state index in [9.17, 15) is 4.79 Å². The first-order valence-electron chi connectivity index (χ1n) is 7.57. The fraction of sp³-hybridized carbons (Fsp3) is 0.111. The molecule has 5 nitrogen and oxygen atoms in total. The third-order valence-corrected chi connectivity index (χ3v) is 4.93. The molecule has 7 heteroatoms. The van der Waals surface area contributed by atoms with Crippen LogP contribution in [0, 0.1) is 0 Å². The fourth-order valence-corrected chi connectivity index (χ4v) is 3.30. The van der Waals surface area contributed by atoms with Crippen LogP contribution in [0.2, 0.25) is 5.02 Å². The van der Waals surface area contributed by atoms with Gasteiger partial charge in [-0.15, -0.1) is 11.3 Å². The van der Waals surface area contributed by atoms with E-state index in [4.69, 9.17) is 21.1 Å². The summed E-state index contributed by atoms with van der Waals surface area (Å²) in [5.41, 5.74) is 5.05. The number of benzene rings is 2. The Balaban J connectivity index is 1.72. The maximum Gasteiger partial charge on any atom is 0.355 e. The van der Waals surface area contributed by atoms with Crippen molar-refractivity contribution in [3.05, 3.63) is 69.1 Å². The Labute approximate surface area is 153 Å². The van der Waals surface area contributed by atoms with Gasteiger partial charge >= 0.3 is 5.97 Å². The Hall–Kier alpha value is -2.41. The predicted octanol–water partition coefficient (Wildman–Crippen LogP) is 4.79. The lowest BCUT2D eigenvalue weighted by atomic mass is 10.1. The van der Waals surface area contributed by atoms with Crippen molar-refractivity contribution in [3.8, 4) is 5.75 Å². The Bertz CT molecular complexity index is 928. The highest BCUT2D eigenvalue weighted by Gasteiger charge is 2.22. The molecule has 0 amide bonds. The van der Waals surface area contributed by atoms with Crippen LogP contribution in [-0.2, 0) is 18.0 Å². The van der Waals surface area contributed by atoms with Crippen molar-refractivity contribution >= 4 is 40.3 Å². The van der Waals surface area contributed by atoms with E-state index in [1.807, 2.05) is 24.3 Å². The summed E-state index contributed by atoms with van der Waals surface area (Å²) in [5, 5.41) is 3.87. The summed E-state index contributed by atoms with van der Waals surface area (Å²) in [6, 6.07) is 11.1. The smallest absolute Gasteiger partial charge is 0.355 e. The summed E-state index contributed by atoms with van der Waals surface area (Å²) in [6.45, 7) is 0.990. The van der Waals surface area contributed by atoms with Crippen LogP contribution >= 0.6 is 22.9 Å². The lowest BCUT2D eigenvalue weighted by Crippen LogP contribution is -2.09. The van der Waals surface area contributed by atoms with Crippen LogP contribution in [0.15, 0.2) is 48.1 Å². The molecule has 0 bridgehead atoms. The molecule has 4 rings (SSSR count). The van der Waals surface area contributed by atoms with Crippen molar-refractivity contribution in [2.45, 2.75) is 13.2 Å². The Kier molecular flexibility index (Phi) is 4.40. The molecule has 0 atom stereocenters. The van der Waals surface area contributed by atoms with Crippen LogP contribution < -0.4 is 10.1 Å². The SMILES string of the molecule is O=C(Oc1ccc2c(c1Nc1ccccc1Cl)COC2)c1cncs1. The second-order valence-electron chi connectivity index (χ2n) is 5.43. The zero-order valence-electron chi connectivity index (χ0n) is 13.0. The lowest BCUT2D eigenvalue weighted by Gasteiger charge is -2.16. The van der Waals surface area contributed by atoms with Crippen molar-refractivity contribution in [1.82, 2.24) is 4.98 Å². The molecule has 1 N–H and O–H groups in total. The summed E-state index contributed by atoms with van der Waals surface area (Å²) < 4.78 is 11.1. The van der Waals surface area contributed by atoms with Crippen molar-refractivity contribution in [3.63, 3.8) is 0 Å². The van der Waals surface area contributed by atoms with Gasteiger partial charge in [-0.1, -0.05) is 29.8 Å². The topological polar surface area (TPSA) is 60.5 Å². The minimum Gasteiger partial charge on any atom is -0.420 e. The van der Waals surface area contributed by atoms with Gasteiger partial charge in [0.05, 0.1) is 41.3 Å². The predicted molar refractivity (Wildman–Crippen MR) is 96.7 cm³/mol. The summed E-state index contributed by atoms with van der Waals surface area (Å²) in [6.07, 6.45) is 1.49. The van der Waals surface area contributed by atoms with E-state index in [1.54, 1.807) is 17.6 Å². The van der Waals surface area contributed by atoms with Crippen LogP contribution in [0.1, 0.15) is 20.8 Å². The Morgan fingerprint density at radius 1 is 1.24 bits per heavy atom.